The van der Waals surface area contributed by atoms with Gasteiger partial charge in [-0.2, -0.15) is 0 Å². The molecule has 2 rings (SSSR count). The number of benzene rings is 1. The molecule has 1 N–H and O–H groups in total. The fourth-order valence-corrected chi connectivity index (χ4v) is 1.41. The summed E-state index contributed by atoms with van der Waals surface area (Å²) in [6, 6.07) is 7.81. The van der Waals surface area contributed by atoms with Crippen LogP contribution < -0.4 is 0 Å². The van der Waals surface area contributed by atoms with Gasteiger partial charge in [-0.05, 0) is 22.8 Å². The van der Waals surface area contributed by atoms with Crippen molar-refractivity contribution < 1.29 is 9.90 Å². The lowest BCUT2D eigenvalue weighted by Crippen LogP contribution is -2.03. The molecule has 1 aromatic carbocycles. The Hall–Kier alpha value is -1.57. The highest BCUT2D eigenvalue weighted by atomic mass is 16.4. The zero-order valence-corrected chi connectivity index (χ0v) is 6.45. The van der Waals surface area contributed by atoms with Gasteiger partial charge in [0.25, 0.3) is 0 Å². The molecule has 2 heteroatoms. The van der Waals surface area contributed by atoms with E-state index in [1.807, 2.05) is 30.3 Å². The molecule has 0 bridgehead atoms. The Kier molecular flexibility index (Phi) is 1.47. The minimum atomic E-state index is -0.768. The zero-order valence-electron chi connectivity index (χ0n) is 6.45. The van der Waals surface area contributed by atoms with E-state index in [0.717, 1.165) is 16.7 Å². The summed E-state index contributed by atoms with van der Waals surface area (Å²) in [6.07, 6.45) is 2.06. The molecule has 0 saturated carbocycles. The SMILES string of the molecule is O=C(O)CC1=Cc2ccccc21. The Bertz CT molecular complexity index is 364. The van der Waals surface area contributed by atoms with Crippen LogP contribution in [0.5, 0.6) is 0 Å². The number of fused-ring (bicyclic) bond motifs is 1. The molecule has 1 aliphatic carbocycles. The number of aliphatic carboxylic acids is 1. The topological polar surface area (TPSA) is 37.3 Å². The van der Waals surface area contributed by atoms with Gasteiger partial charge in [-0.1, -0.05) is 24.3 Å². The number of rotatable bonds is 2. The third kappa shape index (κ3) is 1.01. The van der Waals surface area contributed by atoms with Crippen LogP contribution in [0.3, 0.4) is 0 Å². The van der Waals surface area contributed by atoms with Crippen LogP contribution >= 0.6 is 0 Å². The van der Waals surface area contributed by atoms with Gasteiger partial charge in [-0.3, -0.25) is 4.79 Å². The van der Waals surface area contributed by atoms with Crippen molar-refractivity contribution in [3.8, 4) is 0 Å². The van der Waals surface area contributed by atoms with Crippen LogP contribution in [0.25, 0.3) is 11.6 Å². The van der Waals surface area contributed by atoms with Crippen molar-refractivity contribution in [2.45, 2.75) is 6.42 Å². The van der Waals surface area contributed by atoms with Crippen molar-refractivity contribution in [1.82, 2.24) is 0 Å². The Balaban J connectivity index is 2.22. The first-order valence-corrected chi connectivity index (χ1v) is 3.79. The molecule has 0 amide bonds. The van der Waals surface area contributed by atoms with Gasteiger partial charge in [0.15, 0.2) is 0 Å². The van der Waals surface area contributed by atoms with E-state index in [2.05, 4.69) is 0 Å². The first-order chi connectivity index (χ1) is 5.77. The number of carbonyl (C=O) groups is 1. The molecule has 0 radical (unpaired) electrons. The first kappa shape index (κ1) is 7.10. The van der Waals surface area contributed by atoms with Crippen LogP contribution in [-0.4, -0.2) is 11.1 Å². The van der Waals surface area contributed by atoms with E-state index < -0.39 is 5.97 Å². The van der Waals surface area contributed by atoms with Gasteiger partial charge in [0.2, 0.25) is 0 Å². The molecule has 0 atom stereocenters. The number of hydrogen-bond acceptors (Lipinski definition) is 1. The van der Waals surface area contributed by atoms with Gasteiger partial charge in [-0.15, -0.1) is 0 Å². The summed E-state index contributed by atoms with van der Waals surface area (Å²) in [5.41, 5.74) is 3.16. The summed E-state index contributed by atoms with van der Waals surface area (Å²) in [4.78, 5) is 10.4. The Morgan fingerprint density at radius 1 is 1.33 bits per heavy atom. The predicted octanol–water partition coefficient (Wildman–Crippen LogP) is 2.02. The van der Waals surface area contributed by atoms with Crippen LogP contribution in [0.4, 0.5) is 0 Å². The summed E-state index contributed by atoms with van der Waals surface area (Å²) in [7, 11) is 0. The molecular formula is C10H8O2. The molecule has 12 heavy (non-hydrogen) atoms. The van der Waals surface area contributed by atoms with Gasteiger partial charge < -0.3 is 5.11 Å². The maximum atomic E-state index is 10.4. The summed E-state index contributed by atoms with van der Waals surface area (Å²) >= 11 is 0. The van der Waals surface area contributed by atoms with Crippen molar-refractivity contribution in [1.29, 1.82) is 0 Å². The molecule has 1 aromatic rings. The maximum Gasteiger partial charge on any atom is 0.307 e. The van der Waals surface area contributed by atoms with Crippen LogP contribution in [0.2, 0.25) is 0 Å². The molecule has 0 unspecified atom stereocenters. The second-order valence-corrected chi connectivity index (χ2v) is 2.83. The third-order valence-corrected chi connectivity index (χ3v) is 1.98. The highest BCUT2D eigenvalue weighted by Gasteiger charge is 2.16. The second-order valence-electron chi connectivity index (χ2n) is 2.83. The zero-order chi connectivity index (χ0) is 8.55. The van der Waals surface area contributed by atoms with Crippen molar-refractivity contribution in [3.63, 3.8) is 0 Å². The summed E-state index contributed by atoms with van der Waals surface area (Å²) < 4.78 is 0. The van der Waals surface area contributed by atoms with Crippen LogP contribution in [0.1, 0.15) is 17.5 Å². The van der Waals surface area contributed by atoms with Crippen molar-refractivity contribution in [2.75, 3.05) is 0 Å². The molecule has 0 heterocycles. The van der Waals surface area contributed by atoms with Crippen LogP contribution in [0, 0.1) is 0 Å². The summed E-state index contributed by atoms with van der Waals surface area (Å²) in [5.74, 6) is -0.768. The number of hydrogen-bond donors (Lipinski definition) is 1. The lowest BCUT2D eigenvalue weighted by atomic mass is 9.87. The fourth-order valence-electron chi connectivity index (χ4n) is 1.41. The summed E-state index contributed by atoms with van der Waals surface area (Å²) in [6.45, 7) is 0. The number of carboxylic acid groups (broad SMARTS) is 1. The van der Waals surface area contributed by atoms with E-state index in [-0.39, 0.29) is 6.42 Å². The molecular weight excluding hydrogens is 152 g/mol. The van der Waals surface area contributed by atoms with Gasteiger partial charge in [0.05, 0.1) is 6.42 Å². The minimum absolute atomic E-state index is 0.136. The van der Waals surface area contributed by atoms with Crippen molar-refractivity contribution in [2.24, 2.45) is 0 Å². The molecule has 0 fully saturated rings. The summed E-state index contributed by atoms with van der Waals surface area (Å²) in [5, 5.41) is 8.53. The van der Waals surface area contributed by atoms with Gasteiger partial charge in [0.1, 0.15) is 0 Å². The van der Waals surface area contributed by atoms with E-state index in [9.17, 15) is 4.79 Å². The molecule has 0 saturated heterocycles. The van der Waals surface area contributed by atoms with E-state index in [0.29, 0.717) is 0 Å². The lowest BCUT2D eigenvalue weighted by Gasteiger charge is -2.17. The monoisotopic (exact) mass is 160 g/mol. The number of carboxylic acids is 1. The van der Waals surface area contributed by atoms with Crippen LogP contribution in [-0.2, 0) is 4.79 Å². The van der Waals surface area contributed by atoms with Crippen LogP contribution in [0.15, 0.2) is 24.3 Å². The first-order valence-electron chi connectivity index (χ1n) is 3.79. The molecule has 0 spiro atoms. The Morgan fingerprint density at radius 3 is 2.75 bits per heavy atom. The quantitative estimate of drug-likeness (QED) is 0.718. The van der Waals surface area contributed by atoms with Gasteiger partial charge in [0, 0.05) is 0 Å². The molecule has 2 nitrogen and oxygen atoms in total. The lowest BCUT2D eigenvalue weighted by molar-refractivity contribution is -0.135. The predicted molar refractivity (Wildman–Crippen MR) is 46.6 cm³/mol. The fraction of sp³-hybridized carbons (Fsp3) is 0.100. The normalized spacial score (nSPS) is 12.8. The largest absolute Gasteiger partial charge is 0.481 e. The average Bonchev–Trinajstić information content (AvgIpc) is 2.00. The van der Waals surface area contributed by atoms with E-state index in [4.69, 9.17) is 5.11 Å². The van der Waals surface area contributed by atoms with Crippen molar-refractivity contribution >= 4 is 17.6 Å². The van der Waals surface area contributed by atoms with E-state index in [1.54, 1.807) is 0 Å². The average molecular weight is 160 g/mol. The molecule has 1 aliphatic rings. The Labute approximate surface area is 70.2 Å². The maximum absolute atomic E-state index is 10.4. The van der Waals surface area contributed by atoms with Crippen molar-refractivity contribution in [3.05, 3.63) is 35.4 Å². The van der Waals surface area contributed by atoms with Gasteiger partial charge in [-0.25, -0.2) is 0 Å². The Morgan fingerprint density at radius 2 is 2.08 bits per heavy atom. The smallest absolute Gasteiger partial charge is 0.307 e. The van der Waals surface area contributed by atoms with Gasteiger partial charge >= 0.3 is 5.97 Å². The molecule has 60 valence electrons. The standard InChI is InChI=1S/C10H8O2/c11-10(12)6-8-5-7-3-1-2-4-9(7)8/h1-5H,6H2,(H,11,12). The van der Waals surface area contributed by atoms with E-state index >= 15 is 0 Å². The third-order valence-electron chi connectivity index (χ3n) is 1.98. The second kappa shape index (κ2) is 2.48. The highest BCUT2D eigenvalue weighted by Crippen LogP contribution is 2.33. The minimum Gasteiger partial charge on any atom is -0.481 e. The highest BCUT2D eigenvalue weighted by molar-refractivity contribution is 6.01. The molecule has 0 aromatic heterocycles. The molecule has 0 aliphatic heterocycles. The van der Waals surface area contributed by atoms with E-state index in [1.165, 1.54) is 0 Å².